The summed E-state index contributed by atoms with van der Waals surface area (Å²) in [7, 11) is 0. The number of thioether (sulfide) groups is 1. The van der Waals surface area contributed by atoms with Crippen molar-refractivity contribution in [1.29, 1.82) is 5.26 Å². The number of aromatic nitrogens is 1. The third-order valence-corrected chi connectivity index (χ3v) is 3.68. The topological polar surface area (TPSA) is 36.7 Å². The summed E-state index contributed by atoms with van der Waals surface area (Å²) in [5.41, 5.74) is 2.15. The van der Waals surface area contributed by atoms with Gasteiger partial charge in [0.2, 0.25) is 0 Å². The number of hydrogen-bond acceptors (Lipinski definition) is 3. The molecular weight excluding hydrogens is 284 g/mol. The van der Waals surface area contributed by atoms with Gasteiger partial charge in [0, 0.05) is 9.86 Å². The summed E-state index contributed by atoms with van der Waals surface area (Å²) in [6.07, 6.45) is 0. The van der Waals surface area contributed by atoms with Crippen LogP contribution in [0.4, 0.5) is 0 Å². The van der Waals surface area contributed by atoms with Gasteiger partial charge < -0.3 is 0 Å². The molecule has 0 aliphatic heterocycles. The molecule has 4 heteroatoms. The van der Waals surface area contributed by atoms with E-state index in [2.05, 4.69) is 40.0 Å². The number of fused-ring (bicyclic) bond motifs is 1. The molecule has 1 aromatic heterocycles. The summed E-state index contributed by atoms with van der Waals surface area (Å²) >= 11 is 4.96. The van der Waals surface area contributed by atoms with Crippen LogP contribution in [0.2, 0.25) is 0 Å². The van der Waals surface area contributed by atoms with Crippen LogP contribution in [0.15, 0.2) is 33.8 Å². The monoisotopic (exact) mass is 292 g/mol. The Hall–Kier alpha value is -1.05. The highest BCUT2D eigenvalue weighted by molar-refractivity contribution is 9.10. The van der Waals surface area contributed by atoms with Crippen molar-refractivity contribution in [3.63, 3.8) is 0 Å². The van der Waals surface area contributed by atoms with Gasteiger partial charge in [0.15, 0.2) is 0 Å². The van der Waals surface area contributed by atoms with Gasteiger partial charge in [-0.15, -0.1) is 0 Å². The van der Waals surface area contributed by atoms with E-state index in [4.69, 9.17) is 5.26 Å². The Balaban J connectivity index is 2.57. The van der Waals surface area contributed by atoms with Crippen molar-refractivity contribution in [2.45, 2.75) is 11.9 Å². The number of nitriles is 1. The molecule has 0 bridgehead atoms. The fourth-order valence-corrected chi connectivity index (χ4v) is 2.62. The number of halogens is 1. The van der Waals surface area contributed by atoms with Crippen molar-refractivity contribution < 1.29 is 0 Å². The Bertz CT molecular complexity index is 575. The SMILES string of the molecule is Cc1cc(SCC#N)nc2c(Br)cccc12. The number of para-hydroxylation sites is 1. The van der Waals surface area contributed by atoms with Crippen LogP contribution in [-0.4, -0.2) is 10.7 Å². The van der Waals surface area contributed by atoms with Gasteiger partial charge in [0.1, 0.15) is 0 Å². The van der Waals surface area contributed by atoms with E-state index in [1.807, 2.05) is 18.2 Å². The zero-order valence-corrected chi connectivity index (χ0v) is 11.1. The number of nitrogens with zero attached hydrogens (tertiary/aromatic N) is 2. The summed E-state index contributed by atoms with van der Waals surface area (Å²) in [5, 5.41) is 10.6. The normalized spacial score (nSPS) is 10.3. The van der Waals surface area contributed by atoms with Crippen molar-refractivity contribution >= 4 is 38.6 Å². The smallest absolute Gasteiger partial charge is 0.0980 e. The molecule has 0 aliphatic carbocycles. The Morgan fingerprint density at radius 3 is 3.06 bits per heavy atom. The van der Waals surface area contributed by atoms with Gasteiger partial charge in [-0.25, -0.2) is 4.98 Å². The Kier molecular flexibility index (Phi) is 3.47. The number of benzene rings is 1. The van der Waals surface area contributed by atoms with E-state index in [9.17, 15) is 0 Å². The molecule has 0 radical (unpaired) electrons. The van der Waals surface area contributed by atoms with Crippen LogP contribution in [0.5, 0.6) is 0 Å². The third kappa shape index (κ3) is 2.21. The molecule has 80 valence electrons. The lowest BCUT2D eigenvalue weighted by Crippen LogP contribution is -1.88. The highest BCUT2D eigenvalue weighted by atomic mass is 79.9. The fourth-order valence-electron chi connectivity index (χ4n) is 1.53. The molecule has 1 aromatic carbocycles. The van der Waals surface area contributed by atoms with E-state index >= 15 is 0 Å². The molecule has 16 heavy (non-hydrogen) atoms. The van der Waals surface area contributed by atoms with E-state index in [0.717, 1.165) is 20.4 Å². The highest BCUT2D eigenvalue weighted by Gasteiger charge is 2.05. The maximum Gasteiger partial charge on any atom is 0.0980 e. The first-order valence-electron chi connectivity index (χ1n) is 4.78. The van der Waals surface area contributed by atoms with Gasteiger partial charge in [0.05, 0.1) is 22.4 Å². The molecule has 0 aliphatic rings. The number of pyridine rings is 1. The largest absolute Gasteiger partial charge is 0.240 e. The predicted molar refractivity (Wildman–Crippen MR) is 70.5 cm³/mol. The summed E-state index contributed by atoms with van der Waals surface area (Å²) in [5.74, 6) is 0.433. The second kappa shape index (κ2) is 4.86. The molecule has 0 N–H and O–H groups in total. The second-order valence-electron chi connectivity index (χ2n) is 3.36. The van der Waals surface area contributed by atoms with Gasteiger partial charge in [-0.05, 0) is 40.5 Å². The van der Waals surface area contributed by atoms with Crippen LogP contribution in [-0.2, 0) is 0 Å². The van der Waals surface area contributed by atoms with Crippen LogP contribution < -0.4 is 0 Å². The van der Waals surface area contributed by atoms with Crippen molar-refractivity contribution in [1.82, 2.24) is 4.98 Å². The van der Waals surface area contributed by atoms with Crippen molar-refractivity contribution in [2.75, 3.05) is 5.75 Å². The maximum atomic E-state index is 8.56. The lowest BCUT2D eigenvalue weighted by atomic mass is 10.1. The predicted octanol–water partition coefficient (Wildman–Crippen LogP) is 3.92. The molecule has 0 saturated carbocycles. The van der Waals surface area contributed by atoms with Crippen LogP contribution in [0.3, 0.4) is 0 Å². The molecule has 2 aromatic rings. The molecule has 0 amide bonds. The van der Waals surface area contributed by atoms with Gasteiger partial charge in [-0.2, -0.15) is 5.26 Å². The van der Waals surface area contributed by atoms with Crippen molar-refractivity contribution in [2.24, 2.45) is 0 Å². The molecule has 0 unspecified atom stereocenters. The third-order valence-electron chi connectivity index (χ3n) is 2.26. The first-order valence-corrected chi connectivity index (χ1v) is 6.56. The van der Waals surface area contributed by atoms with Gasteiger partial charge >= 0.3 is 0 Å². The van der Waals surface area contributed by atoms with Crippen LogP contribution in [0, 0.1) is 18.3 Å². The summed E-state index contributed by atoms with van der Waals surface area (Å²) in [6, 6.07) is 10.2. The molecule has 2 nitrogen and oxygen atoms in total. The zero-order valence-electron chi connectivity index (χ0n) is 8.70. The Morgan fingerprint density at radius 1 is 1.50 bits per heavy atom. The minimum Gasteiger partial charge on any atom is -0.240 e. The average Bonchev–Trinajstić information content (AvgIpc) is 2.28. The van der Waals surface area contributed by atoms with E-state index in [-0.39, 0.29) is 0 Å². The molecule has 0 fully saturated rings. The summed E-state index contributed by atoms with van der Waals surface area (Å²) in [4.78, 5) is 4.54. The van der Waals surface area contributed by atoms with Crippen LogP contribution in [0.25, 0.3) is 10.9 Å². The maximum absolute atomic E-state index is 8.56. The lowest BCUT2D eigenvalue weighted by Gasteiger charge is -2.06. The number of hydrogen-bond donors (Lipinski definition) is 0. The van der Waals surface area contributed by atoms with E-state index < -0.39 is 0 Å². The molecule has 0 saturated heterocycles. The Labute approximate surface area is 107 Å². The zero-order chi connectivity index (χ0) is 11.5. The van der Waals surface area contributed by atoms with Crippen molar-refractivity contribution in [3.8, 4) is 6.07 Å². The molecule has 2 rings (SSSR count). The van der Waals surface area contributed by atoms with E-state index in [0.29, 0.717) is 5.75 Å². The van der Waals surface area contributed by atoms with Gasteiger partial charge in [-0.1, -0.05) is 23.9 Å². The quantitative estimate of drug-likeness (QED) is 0.787. The fraction of sp³-hybridized carbons (Fsp3) is 0.167. The number of rotatable bonds is 2. The Morgan fingerprint density at radius 2 is 2.31 bits per heavy atom. The van der Waals surface area contributed by atoms with Crippen LogP contribution in [0.1, 0.15) is 5.56 Å². The highest BCUT2D eigenvalue weighted by Crippen LogP contribution is 2.28. The first kappa shape index (κ1) is 11.4. The number of aryl methyl sites for hydroxylation is 1. The molecule has 0 atom stereocenters. The van der Waals surface area contributed by atoms with Crippen molar-refractivity contribution in [3.05, 3.63) is 34.3 Å². The van der Waals surface area contributed by atoms with E-state index in [1.54, 1.807) is 0 Å². The van der Waals surface area contributed by atoms with Gasteiger partial charge in [0.25, 0.3) is 0 Å². The average molecular weight is 293 g/mol. The standard InChI is InChI=1S/C12H9BrN2S/c1-8-7-11(16-6-5-14)15-12-9(8)3-2-4-10(12)13/h2-4,7H,6H2,1H3. The molecule has 0 spiro atoms. The summed E-state index contributed by atoms with van der Waals surface area (Å²) in [6.45, 7) is 2.06. The second-order valence-corrected chi connectivity index (χ2v) is 5.21. The van der Waals surface area contributed by atoms with Crippen LogP contribution >= 0.6 is 27.7 Å². The van der Waals surface area contributed by atoms with E-state index in [1.165, 1.54) is 17.3 Å². The first-order chi connectivity index (χ1) is 7.72. The lowest BCUT2D eigenvalue weighted by molar-refractivity contribution is 1.17. The molecule has 1 heterocycles. The molecular formula is C12H9BrN2S. The minimum absolute atomic E-state index is 0.433. The minimum atomic E-state index is 0.433. The summed E-state index contributed by atoms with van der Waals surface area (Å²) < 4.78 is 0.993. The van der Waals surface area contributed by atoms with Gasteiger partial charge in [-0.3, -0.25) is 0 Å².